The minimum atomic E-state index is -3.30. The van der Waals surface area contributed by atoms with E-state index in [1.54, 1.807) is 0 Å². The van der Waals surface area contributed by atoms with E-state index in [0.29, 0.717) is 12.8 Å². The van der Waals surface area contributed by atoms with E-state index < -0.39 is 22.2 Å². The molecule has 0 saturated carbocycles. The van der Waals surface area contributed by atoms with Gasteiger partial charge in [-0.2, -0.15) is 0 Å². The van der Waals surface area contributed by atoms with Gasteiger partial charge in [0.15, 0.2) is 0 Å². The molecule has 0 bridgehead atoms. The van der Waals surface area contributed by atoms with E-state index in [4.69, 9.17) is 0 Å². The Bertz CT molecular complexity index is 498. The van der Waals surface area contributed by atoms with Gasteiger partial charge in [-0.3, -0.25) is 0 Å². The summed E-state index contributed by atoms with van der Waals surface area (Å²) in [5.74, 6) is 0.0956. The van der Waals surface area contributed by atoms with Crippen LogP contribution in [0.5, 0.6) is 0 Å². The Hall–Kier alpha value is -0.910. The zero-order chi connectivity index (χ0) is 12.5. The summed E-state index contributed by atoms with van der Waals surface area (Å²) in [7, 11) is -3.30. The Morgan fingerprint density at radius 1 is 1.41 bits per heavy atom. The van der Waals surface area contributed by atoms with E-state index in [-0.39, 0.29) is 5.75 Å². The Morgan fingerprint density at radius 3 is 2.82 bits per heavy atom. The van der Waals surface area contributed by atoms with Gasteiger partial charge in [-0.25, -0.2) is 13.1 Å². The maximum absolute atomic E-state index is 11.7. The molecule has 0 spiro atoms. The number of nitrogens with one attached hydrogen (secondary N) is 1. The molecule has 2 atom stereocenters. The lowest BCUT2D eigenvalue weighted by Gasteiger charge is -2.17. The van der Waals surface area contributed by atoms with Crippen LogP contribution in [0.15, 0.2) is 24.3 Å². The van der Waals surface area contributed by atoms with Crippen molar-refractivity contribution in [2.75, 3.05) is 5.75 Å². The summed E-state index contributed by atoms with van der Waals surface area (Å²) < 4.78 is 26.0. The highest BCUT2D eigenvalue weighted by Crippen LogP contribution is 2.31. The predicted octanol–water partition coefficient (Wildman–Crippen LogP) is 0.974. The Kier molecular flexibility index (Phi) is 3.51. The maximum atomic E-state index is 11.7. The topological polar surface area (TPSA) is 66.4 Å². The summed E-state index contributed by atoms with van der Waals surface area (Å²) in [5, 5.41) is 9.91. The van der Waals surface area contributed by atoms with Crippen molar-refractivity contribution < 1.29 is 13.5 Å². The molecule has 94 valence electrons. The first kappa shape index (κ1) is 12.5. The normalized spacial score (nSPS) is 23.6. The van der Waals surface area contributed by atoms with E-state index in [0.717, 1.165) is 11.1 Å². The first-order valence-electron chi connectivity index (χ1n) is 5.79. The third kappa shape index (κ3) is 2.68. The largest absolute Gasteiger partial charge is 0.391 e. The van der Waals surface area contributed by atoms with E-state index in [1.165, 1.54) is 0 Å². The molecule has 4 nitrogen and oxygen atoms in total. The van der Waals surface area contributed by atoms with E-state index in [2.05, 4.69) is 4.72 Å². The van der Waals surface area contributed by atoms with Crippen LogP contribution in [-0.4, -0.2) is 25.4 Å². The molecule has 0 fully saturated rings. The van der Waals surface area contributed by atoms with Crippen LogP contribution in [0.4, 0.5) is 0 Å². The fourth-order valence-corrected chi connectivity index (χ4v) is 3.56. The number of sulfonamides is 1. The second-order valence-electron chi connectivity index (χ2n) is 4.38. The number of fused-ring (bicyclic) bond motifs is 1. The molecule has 1 aromatic carbocycles. The average molecular weight is 255 g/mol. The van der Waals surface area contributed by atoms with Gasteiger partial charge >= 0.3 is 0 Å². The summed E-state index contributed by atoms with van der Waals surface area (Å²) in [4.78, 5) is 0. The smallest absolute Gasteiger partial charge is 0.212 e. The van der Waals surface area contributed by atoms with Gasteiger partial charge in [0.1, 0.15) is 0 Å². The summed E-state index contributed by atoms with van der Waals surface area (Å²) in [6.45, 7) is 1.82. The Morgan fingerprint density at radius 2 is 2.12 bits per heavy atom. The van der Waals surface area contributed by atoms with Gasteiger partial charge in [-0.05, 0) is 17.5 Å². The van der Waals surface area contributed by atoms with Gasteiger partial charge in [0.2, 0.25) is 10.0 Å². The highest BCUT2D eigenvalue weighted by atomic mass is 32.2. The van der Waals surface area contributed by atoms with Crippen molar-refractivity contribution in [3.05, 3.63) is 35.4 Å². The number of benzene rings is 1. The van der Waals surface area contributed by atoms with Crippen LogP contribution in [0.1, 0.15) is 30.5 Å². The minimum Gasteiger partial charge on any atom is -0.391 e. The standard InChI is InChI=1S/C12H17NO3S/c1-2-7-17(15,16)13-12-10-6-4-3-5-9(10)8-11(12)14/h3-6,11-14H,2,7-8H2,1H3/t11-,12+/m0/s1. The summed E-state index contributed by atoms with van der Waals surface area (Å²) in [6.07, 6.45) is 0.411. The van der Waals surface area contributed by atoms with Crippen LogP contribution >= 0.6 is 0 Å². The molecule has 0 amide bonds. The highest BCUT2D eigenvalue weighted by Gasteiger charge is 2.33. The minimum absolute atomic E-state index is 0.0956. The lowest BCUT2D eigenvalue weighted by atomic mass is 10.1. The SMILES string of the molecule is CCCS(=O)(=O)N[C@@H]1c2ccccc2C[C@@H]1O. The molecular weight excluding hydrogens is 238 g/mol. The van der Waals surface area contributed by atoms with E-state index in [9.17, 15) is 13.5 Å². The van der Waals surface area contributed by atoms with E-state index in [1.807, 2.05) is 31.2 Å². The highest BCUT2D eigenvalue weighted by molar-refractivity contribution is 7.89. The van der Waals surface area contributed by atoms with Gasteiger partial charge in [0.05, 0.1) is 17.9 Å². The van der Waals surface area contributed by atoms with Crippen LogP contribution in [0.25, 0.3) is 0 Å². The summed E-state index contributed by atoms with van der Waals surface area (Å²) >= 11 is 0. The van der Waals surface area contributed by atoms with Crippen LogP contribution in [0.3, 0.4) is 0 Å². The van der Waals surface area contributed by atoms with Crippen LogP contribution < -0.4 is 4.72 Å². The number of hydrogen-bond donors (Lipinski definition) is 2. The van der Waals surface area contributed by atoms with Gasteiger partial charge in [0, 0.05) is 6.42 Å². The molecule has 5 heteroatoms. The number of rotatable bonds is 4. The van der Waals surface area contributed by atoms with Crippen molar-refractivity contribution >= 4 is 10.0 Å². The fraction of sp³-hybridized carbons (Fsp3) is 0.500. The molecule has 0 saturated heterocycles. The molecular formula is C12H17NO3S. The molecule has 0 radical (unpaired) electrons. The fourth-order valence-electron chi connectivity index (χ4n) is 2.24. The zero-order valence-corrected chi connectivity index (χ0v) is 10.6. The van der Waals surface area contributed by atoms with Gasteiger partial charge in [-0.15, -0.1) is 0 Å². The number of aliphatic hydroxyl groups excluding tert-OH is 1. The molecule has 0 aromatic heterocycles. The molecule has 2 N–H and O–H groups in total. The number of hydrogen-bond acceptors (Lipinski definition) is 3. The lowest BCUT2D eigenvalue weighted by Crippen LogP contribution is -2.35. The molecule has 0 unspecified atom stereocenters. The molecule has 0 aliphatic heterocycles. The van der Waals surface area contributed by atoms with Crippen molar-refractivity contribution in [2.24, 2.45) is 0 Å². The average Bonchev–Trinajstić information content (AvgIpc) is 2.55. The predicted molar refractivity (Wildman–Crippen MR) is 66.1 cm³/mol. The zero-order valence-electron chi connectivity index (χ0n) is 9.76. The van der Waals surface area contributed by atoms with Gasteiger partial charge in [0.25, 0.3) is 0 Å². The lowest BCUT2D eigenvalue weighted by molar-refractivity contribution is 0.151. The second-order valence-corrected chi connectivity index (χ2v) is 6.26. The summed E-state index contributed by atoms with van der Waals surface area (Å²) in [5.41, 5.74) is 1.91. The summed E-state index contributed by atoms with van der Waals surface area (Å²) in [6, 6.07) is 7.05. The van der Waals surface area contributed by atoms with Gasteiger partial charge in [-0.1, -0.05) is 31.2 Å². The van der Waals surface area contributed by atoms with E-state index >= 15 is 0 Å². The maximum Gasteiger partial charge on any atom is 0.212 e. The van der Waals surface area contributed by atoms with Crippen molar-refractivity contribution in [2.45, 2.75) is 31.9 Å². The molecule has 0 heterocycles. The Balaban J connectivity index is 2.23. The quantitative estimate of drug-likeness (QED) is 0.842. The molecule has 1 aliphatic rings. The van der Waals surface area contributed by atoms with Crippen molar-refractivity contribution in [1.29, 1.82) is 0 Å². The van der Waals surface area contributed by atoms with Crippen LogP contribution in [0.2, 0.25) is 0 Å². The van der Waals surface area contributed by atoms with Gasteiger partial charge < -0.3 is 5.11 Å². The molecule has 17 heavy (non-hydrogen) atoms. The third-order valence-corrected chi connectivity index (χ3v) is 4.54. The first-order valence-corrected chi connectivity index (χ1v) is 7.44. The van der Waals surface area contributed by atoms with Crippen molar-refractivity contribution in [1.82, 2.24) is 4.72 Å². The van der Waals surface area contributed by atoms with Crippen LogP contribution in [-0.2, 0) is 16.4 Å². The Labute approximate surface area is 102 Å². The third-order valence-electron chi connectivity index (χ3n) is 2.98. The van der Waals surface area contributed by atoms with Crippen molar-refractivity contribution in [3.63, 3.8) is 0 Å². The first-order chi connectivity index (χ1) is 8.03. The molecule has 1 aromatic rings. The second kappa shape index (κ2) is 4.76. The molecule has 1 aliphatic carbocycles. The van der Waals surface area contributed by atoms with Crippen molar-refractivity contribution in [3.8, 4) is 0 Å². The molecule has 2 rings (SSSR count). The number of aliphatic hydroxyl groups is 1. The van der Waals surface area contributed by atoms with Crippen LogP contribution in [0, 0.1) is 0 Å². The monoisotopic (exact) mass is 255 g/mol.